The lowest BCUT2D eigenvalue weighted by atomic mass is 10.1. The molecule has 1 aliphatic heterocycles. The quantitative estimate of drug-likeness (QED) is 0.803. The monoisotopic (exact) mass is 269 g/mol. The first-order chi connectivity index (χ1) is 8.33. The molecule has 2 rings (SSSR count). The van der Waals surface area contributed by atoms with Gasteiger partial charge >= 0.3 is 0 Å². The highest BCUT2D eigenvalue weighted by molar-refractivity contribution is 7.92. The van der Waals surface area contributed by atoms with E-state index in [1.807, 2.05) is 6.92 Å². The number of hydrogen-bond acceptors (Lipinski definition) is 5. The van der Waals surface area contributed by atoms with E-state index in [2.05, 4.69) is 14.9 Å². The molecule has 0 aromatic carbocycles. The summed E-state index contributed by atoms with van der Waals surface area (Å²) in [5.74, 6) is 0.949. The Morgan fingerprint density at radius 1 is 1.33 bits per heavy atom. The van der Waals surface area contributed by atoms with Crippen LogP contribution in [0.1, 0.15) is 32.6 Å². The van der Waals surface area contributed by atoms with E-state index in [-0.39, 0.29) is 11.8 Å². The lowest BCUT2D eigenvalue weighted by Crippen LogP contribution is -2.53. The molecule has 100 valence electrons. The summed E-state index contributed by atoms with van der Waals surface area (Å²) in [5.41, 5.74) is 0. The maximum absolute atomic E-state index is 12.0. The zero-order valence-electron chi connectivity index (χ0n) is 11.0. The first-order valence-electron chi connectivity index (χ1n) is 6.07. The SMILES string of the molecule is CC(c1ncccn1)N1CCS(=O)(=O)C(C)(C)C1. The van der Waals surface area contributed by atoms with Crippen LogP contribution >= 0.6 is 0 Å². The third-order valence-corrected chi connectivity index (χ3v) is 6.11. The minimum atomic E-state index is -2.99. The molecule has 0 amide bonds. The molecule has 5 nitrogen and oxygen atoms in total. The van der Waals surface area contributed by atoms with Crippen molar-refractivity contribution < 1.29 is 8.42 Å². The van der Waals surface area contributed by atoms with Crippen molar-refractivity contribution in [1.29, 1.82) is 0 Å². The summed E-state index contributed by atoms with van der Waals surface area (Å²) in [4.78, 5) is 10.6. The van der Waals surface area contributed by atoms with Crippen molar-refractivity contribution in [2.75, 3.05) is 18.8 Å². The van der Waals surface area contributed by atoms with E-state index in [0.717, 1.165) is 5.82 Å². The van der Waals surface area contributed by atoms with Crippen molar-refractivity contribution in [3.8, 4) is 0 Å². The highest BCUT2D eigenvalue weighted by Gasteiger charge is 2.41. The number of rotatable bonds is 2. The molecule has 0 radical (unpaired) electrons. The van der Waals surface area contributed by atoms with E-state index in [4.69, 9.17) is 0 Å². The maximum atomic E-state index is 12.0. The predicted octanol–water partition coefficient (Wildman–Crippen LogP) is 1.05. The molecule has 1 aliphatic rings. The Kier molecular flexibility index (Phi) is 3.42. The van der Waals surface area contributed by atoms with Gasteiger partial charge in [-0.2, -0.15) is 0 Å². The van der Waals surface area contributed by atoms with Crippen LogP contribution in [0.15, 0.2) is 18.5 Å². The van der Waals surface area contributed by atoms with Crippen LogP contribution in [-0.4, -0.2) is 46.9 Å². The number of hydrogen-bond donors (Lipinski definition) is 0. The average molecular weight is 269 g/mol. The molecule has 1 fully saturated rings. The Morgan fingerprint density at radius 3 is 2.50 bits per heavy atom. The Hall–Kier alpha value is -1.01. The van der Waals surface area contributed by atoms with Crippen LogP contribution in [0, 0.1) is 0 Å². The first-order valence-corrected chi connectivity index (χ1v) is 7.72. The summed E-state index contributed by atoms with van der Waals surface area (Å²) in [6, 6.07) is 1.82. The summed E-state index contributed by atoms with van der Waals surface area (Å²) in [6.45, 7) is 6.66. The van der Waals surface area contributed by atoms with Crippen LogP contribution < -0.4 is 0 Å². The minimum Gasteiger partial charge on any atom is -0.291 e. The highest BCUT2D eigenvalue weighted by atomic mass is 32.2. The second-order valence-electron chi connectivity index (χ2n) is 5.33. The lowest BCUT2D eigenvalue weighted by Gasteiger charge is -2.40. The van der Waals surface area contributed by atoms with Gasteiger partial charge in [-0.3, -0.25) is 4.90 Å². The highest BCUT2D eigenvalue weighted by Crippen LogP contribution is 2.28. The molecule has 1 aromatic rings. The molecule has 1 saturated heterocycles. The van der Waals surface area contributed by atoms with Crippen molar-refractivity contribution in [1.82, 2.24) is 14.9 Å². The largest absolute Gasteiger partial charge is 0.291 e. The molecule has 2 heterocycles. The van der Waals surface area contributed by atoms with E-state index >= 15 is 0 Å². The minimum absolute atomic E-state index is 0.0426. The van der Waals surface area contributed by atoms with Crippen molar-refractivity contribution in [3.63, 3.8) is 0 Å². The molecule has 0 saturated carbocycles. The predicted molar refractivity (Wildman–Crippen MR) is 69.9 cm³/mol. The molecule has 1 unspecified atom stereocenters. The van der Waals surface area contributed by atoms with Crippen molar-refractivity contribution >= 4 is 9.84 Å². The molecule has 1 atom stereocenters. The number of aromatic nitrogens is 2. The van der Waals surface area contributed by atoms with Gasteiger partial charge in [-0.15, -0.1) is 0 Å². The average Bonchev–Trinajstić information content (AvgIpc) is 2.33. The second-order valence-corrected chi connectivity index (χ2v) is 8.07. The molecule has 0 bridgehead atoms. The molecule has 0 aliphatic carbocycles. The van der Waals surface area contributed by atoms with Crippen LogP contribution in [0.4, 0.5) is 0 Å². The van der Waals surface area contributed by atoms with E-state index in [9.17, 15) is 8.42 Å². The van der Waals surface area contributed by atoms with Gasteiger partial charge in [0.05, 0.1) is 16.5 Å². The van der Waals surface area contributed by atoms with Gasteiger partial charge < -0.3 is 0 Å². The van der Waals surface area contributed by atoms with Crippen LogP contribution in [0.25, 0.3) is 0 Å². The van der Waals surface area contributed by atoms with E-state index in [1.54, 1.807) is 32.3 Å². The summed E-state index contributed by atoms with van der Waals surface area (Å²) in [5, 5.41) is 0. The summed E-state index contributed by atoms with van der Waals surface area (Å²) >= 11 is 0. The van der Waals surface area contributed by atoms with Gasteiger partial charge in [-0.25, -0.2) is 18.4 Å². The van der Waals surface area contributed by atoms with Gasteiger partial charge in [0.2, 0.25) is 0 Å². The molecule has 1 aromatic heterocycles. The topological polar surface area (TPSA) is 63.2 Å². The third-order valence-electron chi connectivity index (χ3n) is 3.58. The van der Waals surface area contributed by atoms with Gasteiger partial charge in [0.15, 0.2) is 9.84 Å². The van der Waals surface area contributed by atoms with E-state index in [1.165, 1.54) is 0 Å². The maximum Gasteiger partial charge on any atom is 0.157 e. The standard InChI is InChI=1S/C12H19N3O2S/c1-10(11-13-5-4-6-14-11)15-7-8-18(16,17)12(2,3)9-15/h4-6,10H,7-9H2,1-3H3. The number of nitrogens with zero attached hydrogens (tertiary/aromatic N) is 3. The Morgan fingerprint density at radius 2 is 1.94 bits per heavy atom. The molecular weight excluding hydrogens is 250 g/mol. The first kappa shape index (κ1) is 13.4. The van der Waals surface area contributed by atoms with Gasteiger partial charge in [0.1, 0.15) is 5.82 Å². The number of sulfone groups is 1. The van der Waals surface area contributed by atoms with Crippen molar-refractivity contribution in [2.24, 2.45) is 0 Å². The molecule has 0 N–H and O–H groups in total. The lowest BCUT2D eigenvalue weighted by molar-refractivity contribution is 0.186. The summed E-state index contributed by atoms with van der Waals surface area (Å²) in [7, 11) is -2.99. The second kappa shape index (κ2) is 4.59. The Balaban J connectivity index is 2.18. The van der Waals surface area contributed by atoms with Gasteiger partial charge in [-0.1, -0.05) is 0 Å². The molecule has 6 heteroatoms. The van der Waals surface area contributed by atoms with Crippen LogP contribution in [0.3, 0.4) is 0 Å². The molecule has 0 spiro atoms. The Labute approximate surface area is 108 Å². The van der Waals surface area contributed by atoms with Crippen LogP contribution in [0.5, 0.6) is 0 Å². The fourth-order valence-corrected chi connectivity index (χ4v) is 3.59. The van der Waals surface area contributed by atoms with Gasteiger partial charge in [0.25, 0.3) is 0 Å². The fourth-order valence-electron chi connectivity index (χ4n) is 2.20. The fraction of sp³-hybridized carbons (Fsp3) is 0.667. The Bertz CT molecular complexity index is 513. The van der Waals surface area contributed by atoms with Crippen molar-refractivity contribution in [3.05, 3.63) is 24.3 Å². The van der Waals surface area contributed by atoms with Crippen molar-refractivity contribution in [2.45, 2.75) is 31.6 Å². The molecule has 18 heavy (non-hydrogen) atoms. The van der Waals surface area contributed by atoms with Gasteiger partial charge in [0, 0.05) is 25.5 Å². The third kappa shape index (κ3) is 2.40. The van der Waals surface area contributed by atoms with Crippen LogP contribution in [-0.2, 0) is 9.84 Å². The van der Waals surface area contributed by atoms with E-state index in [0.29, 0.717) is 13.1 Å². The summed E-state index contributed by atoms with van der Waals surface area (Å²) in [6.07, 6.45) is 3.43. The normalized spacial score (nSPS) is 24.6. The summed E-state index contributed by atoms with van der Waals surface area (Å²) < 4.78 is 23.2. The van der Waals surface area contributed by atoms with E-state index < -0.39 is 14.6 Å². The zero-order valence-corrected chi connectivity index (χ0v) is 11.8. The smallest absolute Gasteiger partial charge is 0.157 e. The molecular formula is C12H19N3O2S. The van der Waals surface area contributed by atoms with Gasteiger partial charge in [-0.05, 0) is 26.8 Å². The zero-order chi connectivity index (χ0) is 13.4. The van der Waals surface area contributed by atoms with Crippen LogP contribution in [0.2, 0.25) is 0 Å².